The molecule has 0 saturated carbocycles. The van der Waals surface area contributed by atoms with E-state index in [-0.39, 0.29) is 16.5 Å². The smallest absolute Gasteiger partial charge is 0.336 e. The van der Waals surface area contributed by atoms with E-state index < -0.39 is 11.9 Å². The van der Waals surface area contributed by atoms with Gasteiger partial charge in [0.1, 0.15) is 0 Å². The van der Waals surface area contributed by atoms with Gasteiger partial charge in [0.25, 0.3) is 0 Å². The SMILES string of the molecule is O=C(O)c1ccc(N2CCOCC2)c2c(N3CCOCC3)ccc(C(=O)O)c12. The molecular weight excluding hydrogens is 364 g/mol. The van der Waals surface area contributed by atoms with Crippen LogP contribution in [0.1, 0.15) is 20.7 Å². The number of carbonyl (C=O) groups is 2. The minimum atomic E-state index is -1.14. The maximum Gasteiger partial charge on any atom is 0.336 e. The van der Waals surface area contributed by atoms with Gasteiger partial charge in [0.05, 0.1) is 37.6 Å². The summed E-state index contributed by atoms with van der Waals surface area (Å²) in [4.78, 5) is 28.1. The summed E-state index contributed by atoms with van der Waals surface area (Å²) in [6, 6.07) is 6.58. The van der Waals surface area contributed by atoms with Crippen LogP contribution >= 0.6 is 0 Å². The van der Waals surface area contributed by atoms with Crippen LogP contribution in [0, 0.1) is 0 Å². The molecule has 8 nitrogen and oxygen atoms in total. The maximum atomic E-state index is 11.9. The Hall–Kier alpha value is -2.84. The van der Waals surface area contributed by atoms with Crippen LogP contribution in [0.25, 0.3) is 10.8 Å². The van der Waals surface area contributed by atoms with Crippen LogP contribution in [0.4, 0.5) is 11.4 Å². The summed E-state index contributed by atoms with van der Waals surface area (Å²) in [7, 11) is 0. The molecule has 2 aromatic rings. The van der Waals surface area contributed by atoms with Gasteiger partial charge >= 0.3 is 11.9 Å². The molecule has 0 amide bonds. The van der Waals surface area contributed by atoms with Crippen molar-refractivity contribution in [3.05, 3.63) is 35.4 Å². The number of fused-ring (bicyclic) bond motifs is 1. The Morgan fingerprint density at radius 1 is 0.679 bits per heavy atom. The van der Waals surface area contributed by atoms with E-state index in [2.05, 4.69) is 9.80 Å². The quantitative estimate of drug-likeness (QED) is 0.822. The molecular formula is C20H22N2O6. The lowest BCUT2D eigenvalue weighted by molar-refractivity contribution is 0.0695. The van der Waals surface area contributed by atoms with E-state index in [1.165, 1.54) is 12.1 Å². The zero-order valence-corrected chi connectivity index (χ0v) is 15.4. The molecule has 0 atom stereocenters. The van der Waals surface area contributed by atoms with Gasteiger partial charge in [0, 0.05) is 48.3 Å². The monoisotopic (exact) mass is 386 g/mol. The molecule has 2 aliphatic rings. The van der Waals surface area contributed by atoms with E-state index in [4.69, 9.17) is 9.47 Å². The first-order valence-electron chi connectivity index (χ1n) is 9.29. The molecule has 148 valence electrons. The van der Waals surface area contributed by atoms with Gasteiger partial charge in [-0.1, -0.05) is 0 Å². The fourth-order valence-corrected chi connectivity index (χ4v) is 3.95. The van der Waals surface area contributed by atoms with Crippen molar-refractivity contribution in [3.8, 4) is 0 Å². The number of hydrogen-bond acceptors (Lipinski definition) is 6. The topological polar surface area (TPSA) is 99.5 Å². The van der Waals surface area contributed by atoms with Crippen LogP contribution < -0.4 is 9.80 Å². The van der Waals surface area contributed by atoms with Crippen molar-refractivity contribution >= 4 is 34.1 Å². The first kappa shape index (κ1) is 18.5. The molecule has 4 rings (SSSR count). The summed E-state index contributed by atoms with van der Waals surface area (Å²) >= 11 is 0. The molecule has 2 N–H and O–H groups in total. The number of hydrogen-bond donors (Lipinski definition) is 2. The van der Waals surface area contributed by atoms with Crippen LogP contribution in [0.15, 0.2) is 24.3 Å². The summed E-state index contributed by atoms with van der Waals surface area (Å²) < 4.78 is 10.9. The number of carboxylic acids is 2. The molecule has 0 radical (unpaired) electrons. The zero-order valence-electron chi connectivity index (χ0n) is 15.4. The van der Waals surface area contributed by atoms with E-state index in [9.17, 15) is 19.8 Å². The van der Waals surface area contributed by atoms with Gasteiger partial charge in [-0.2, -0.15) is 0 Å². The summed E-state index contributed by atoms with van der Waals surface area (Å²) in [5.74, 6) is -2.28. The molecule has 28 heavy (non-hydrogen) atoms. The highest BCUT2D eigenvalue weighted by molar-refractivity contribution is 6.19. The molecule has 2 fully saturated rings. The number of rotatable bonds is 4. The van der Waals surface area contributed by atoms with Gasteiger partial charge in [-0.15, -0.1) is 0 Å². The molecule has 2 saturated heterocycles. The Morgan fingerprint density at radius 3 is 1.43 bits per heavy atom. The number of anilines is 2. The van der Waals surface area contributed by atoms with Crippen molar-refractivity contribution in [2.24, 2.45) is 0 Å². The maximum absolute atomic E-state index is 11.9. The van der Waals surface area contributed by atoms with Crippen molar-refractivity contribution < 1.29 is 29.3 Å². The highest BCUT2D eigenvalue weighted by Crippen LogP contribution is 2.40. The number of benzene rings is 2. The largest absolute Gasteiger partial charge is 0.478 e. The van der Waals surface area contributed by atoms with Gasteiger partial charge in [0.15, 0.2) is 0 Å². The van der Waals surface area contributed by atoms with Crippen molar-refractivity contribution in [1.29, 1.82) is 0 Å². The first-order valence-corrected chi connectivity index (χ1v) is 9.29. The average Bonchev–Trinajstić information content (AvgIpc) is 2.73. The standard InChI is InChI=1S/C20H22N2O6/c23-19(24)13-1-3-15(21-5-9-27-10-6-21)18-16(22-7-11-28-12-8-22)4-2-14(17(13)18)20(25)26/h1-4H,5-12H2,(H,23,24)(H,25,26). The molecule has 2 aromatic carbocycles. The second kappa shape index (κ2) is 7.65. The van der Waals surface area contributed by atoms with Crippen LogP contribution in [0.3, 0.4) is 0 Å². The lowest BCUT2D eigenvalue weighted by atomic mass is 9.95. The van der Waals surface area contributed by atoms with Crippen molar-refractivity contribution in [2.45, 2.75) is 0 Å². The Labute approximate surface area is 161 Å². The predicted octanol–water partition coefficient (Wildman–Crippen LogP) is 1.91. The highest BCUT2D eigenvalue weighted by atomic mass is 16.5. The molecule has 8 heteroatoms. The molecule has 0 spiro atoms. The van der Waals surface area contributed by atoms with E-state index >= 15 is 0 Å². The zero-order chi connectivity index (χ0) is 19.7. The number of ether oxygens (including phenoxy) is 2. The third kappa shape index (κ3) is 3.25. The molecule has 0 bridgehead atoms. The molecule has 0 unspecified atom stereocenters. The molecule has 0 aromatic heterocycles. The normalized spacial score (nSPS) is 17.7. The second-order valence-electron chi connectivity index (χ2n) is 6.82. The van der Waals surface area contributed by atoms with Crippen LogP contribution in [0.5, 0.6) is 0 Å². The van der Waals surface area contributed by atoms with Gasteiger partial charge in [-0.3, -0.25) is 0 Å². The second-order valence-corrected chi connectivity index (χ2v) is 6.82. The number of nitrogens with zero attached hydrogens (tertiary/aromatic N) is 2. The predicted molar refractivity (Wildman–Crippen MR) is 104 cm³/mol. The molecule has 2 heterocycles. The lowest BCUT2D eigenvalue weighted by Crippen LogP contribution is -2.38. The van der Waals surface area contributed by atoms with Gasteiger partial charge < -0.3 is 29.5 Å². The summed E-state index contributed by atoms with van der Waals surface area (Å²) in [5, 5.41) is 20.4. The van der Waals surface area contributed by atoms with Crippen molar-refractivity contribution in [1.82, 2.24) is 0 Å². The fourth-order valence-electron chi connectivity index (χ4n) is 3.95. The van der Waals surface area contributed by atoms with E-state index in [0.29, 0.717) is 58.0 Å². The van der Waals surface area contributed by atoms with Gasteiger partial charge in [-0.25, -0.2) is 9.59 Å². The van der Waals surface area contributed by atoms with E-state index in [0.717, 1.165) is 11.4 Å². The Kier molecular flexibility index (Phi) is 5.06. The number of morpholine rings is 2. The van der Waals surface area contributed by atoms with Gasteiger partial charge in [0.2, 0.25) is 0 Å². The Morgan fingerprint density at radius 2 is 1.07 bits per heavy atom. The van der Waals surface area contributed by atoms with Crippen LogP contribution in [-0.4, -0.2) is 74.8 Å². The van der Waals surface area contributed by atoms with Crippen molar-refractivity contribution in [3.63, 3.8) is 0 Å². The summed E-state index contributed by atoms with van der Waals surface area (Å²) in [5.41, 5.74) is 1.68. The molecule has 2 aliphatic heterocycles. The summed E-state index contributed by atoms with van der Waals surface area (Å²) in [6.45, 7) is 4.98. The average molecular weight is 386 g/mol. The third-order valence-corrected chi connectivity index (χ3v) is 5.28. The van der Waals surface area contributed by atoms with E-state index in [1.54, 1.807) is 12.1 Å². The van der Waals surface area contributed by atoms with Crippen LogP contribution in [-0.2, 0) is 9.47 Å². The first-order chi connectivity index (χ1) is 13.6. The number of aromatic carboxylic acids is 2. The lowest BCUT2D eigenvalue weighted by Gasteiger charge is -2.34. The fraction of sp³-hybridized carbons (Fsp3) is 0.400. The minimum absolute atomic E-state index is 0.000445. The minimum Gasteiger partial charge on any atom is -0.478 e. The van der Waals surface area contributed by atoms with E-state index in [1.807, 2.05) is 0 Å². The Bertz CT molecular complexity index is 846. The molecule has 0 aliphatic carbocycles. The highest BCUT2D eigenvalue weighted by Gasteiger charge is 2.26. The third-order valence-electron chi connectivity index (χ3n) is 5.28. The van der Waals surface area contributed by atoms with Crippen molar-refractivity contribution in [2.75, 3.05) is 62.4 Å². The summed E-state index contributed by atoms with van der Waals surface area (Å²) in [6.07, 6.45) is 0. The van der Waals surface area contributed by atoms with Crippen LogP contribution in [0.2, 0.25) is 0 Å². The Balaban J connectivity index is 2.02. The van der Waals surface area contributed by atoms with Gasteiger partial charge in [-0.05, 0) is 24.3 Å². The number of carboxylic acid groups (broad SMARTS) is 2.